The first-order valence-electron chi connectivity index (χ1n) is 7.69. The van der Waals surface area contributed by atoms with E-state index in [1.165, 1.54) is 12.5 Å². The average molecular weight is 309 g/mol. The van der Waals surface area contributed by atoms with Crippen molar-refractivity contribution in [3.8, 4) is 11.5 Å². The molecule has 0 aliphatic carbocycles. The number of carbonyl (C=O) groups excluding carboxylic acids is 1. The number of aromatic nitrogens is 1. The summed E-state index contributed by atoms with van der Waals surface area (Å²) in [6.45, 7) is 1.91. The number of aryl methyl sites for hydroxylation is 2. The Kier molecular flexibility index (Phi) is 4.42. The molecular formula is C19H19NO3. The molecule has 1 heterocycles. The van der Waals surface area contributed by atoms with E-state index in [1.54, 1.807) is 0 Å². The second-order valence-corrected chi connectivity index (χ2v) is 5.51. The number of oxazole rings is 1. The highest BCUT2D eigenvalue weighted by Crippen LogP contribution is 2.26. The van der Waals surface area contributed by atoms with Crippen LogP contribution in [0.1, 0.15) is 24.3 Å². The first kappa shape index (κ1) is 15.3. The summed E-state index contributed by atoms with van der Waals surface area (Å²) in [5, 5.41) is 2.35. The number of hydrogen-bond donors (Lipinski definition) is 0. The number of nitrogens with zero attached hydrogens (tertiary/aromatic N) is 1. The van der Waals surface area contributed by atoms with Crippen molar-refractivity contribution in [2.75, 3.05) is 7.11 Å². The quantitative estimate of drug-likeness (QED) is 0.659. The fraction of sp³-hybridized carbons (Fsp3) is 0.263. The van der Waals surface area contributed by atoms with Crippen LogP contribution in [0, 0.1) is 6.92 Å². The number of carbonyl (C=O) groups is 1. The molecule has 1 aromatic heterocycles. The number of methoxy groups -OCH3 is 1. The van der Waals surface area contributed by atoms with Crippen LogP contribution < -0.4 is 0 Å². The molecule has 0 unspecified atom stereocenters. The minimum atomic E-state index is -0.194. The smallest absolute Gasteiger partial charge is 0.305 e. The van der Waals surface area contributed by atoms with E-state index in [4.69, 9.17) is 4.42 Å². The Balaban J connectivity index is 1.80. The van der Waals surface area contributed by atoms with Crippen molar-refractivity contribution < 1.29 is 13.9 Å². The maximum absolute atomic E-state index is 11.2. The van der Waals surface area contributed by atoms with Gasteiger partial charge in [0.05, 0.1) is 12.8 Å². The number of ether oxygens (including phenoxy) is 1. The van der Waals surface area contributed by atoms with Crippen molar-refractivity contribution in [3.05, 3.63) is 53.9 Å². The molecule has 0 atom stereocenters. The maximum atomic E-state index is 11.2. The third-order valence-electron chi connectivity index (χ3n) is 3.91. The van der Waals surface area contributed by atoms with Gasteiger partial charge in [0.25, 0.3) is 0 Å². The van der Waals surface area contributed by atoms with Crippen molar-refractivity contribution in [2.24, 2.45) is 0 Å². The highest BCUT2D eigenvalue weighted by molar-refractivity contribution is 5.86. The molecule has 0 bridgehead atoms. The van der Waals surface area contributed by atoms with Crippen molar-refractivity contribution >= 4 is 16.7 Å². The Morgan fingerprint density at radius 1 is 1.17 bits per heavy atom. The topological polar surface area (TPSA) is 52.3 Å². The van der Waals surface area contributed by atoms with E-state index in [0.717, 1.165) is 22.4 Å². The molecule has 0 aliphatic heterocycles. The van der Waals surface area contributed by atoms with Crippen LogP contribution in [0.2, 0.25) is 0 Å². The average Bonchev–Trinajstić information content (AvgIpc) is 2.95. The van der Waals surface area contributed by atoms with Crippen LogP contribution in [-0.2, 0) is 16.0 Å². The zero-order valence-electron chi connectivity index (χ0n) is 13.3. The van der Waals surface area contributed by atoms with Crippen molar-refractivity contribution in [1.29, 1.82) is 0 Å². The van der Waals surface area contributed by atoms with Crippen molar-refractivity contribution in [3.63, 3.8) is 0 Å². The van der Waals surface area contributed by atoms with Crippen LogP contribution >= 0.6 is 0 Å². The standard InChI is InChI=1S/C19H19NO3/c1-13-17(8-5-9-18(21)22-2)20-19(23-13)16-11-10-14-6-3-4-7-15(14)12-16/h3-4,6-7,10-12H,5,8-9H2,1-2H3. The summed E-state index contributed by atoms with van der Waals surface area (Å²) >= 11 is 0. The third kappa shape index (κ3) is 3.42. The van der Waals surface area contributed by atoms with Gasteiger partial charge in [0, 0.05) is 12.0 Å². The van der Waals surface area contributed by atoms with Gasteiger partial charge < -0.3 is 9.15 Å². The van der Waals surface area contributed by atoms with Gasteiger partial charge >= 0.3 is 5.97 Å². The lowest BCUT2D eigenvalue weighted by Crippen LogP contribution is -2.01. The van der Waals surface area contributed by atoms with E-state index in [1.807, 2.05) is 25.1 Å². The Bertz CT molecular complexity index is 836. The van der Waals surface area contributed by atoms with Crippen LogP contribution in [0.25, 0.3) is 22.2 Å². The summed E-state index contributed by atoms with van der Waals surface area (Å²) in [5.74, 6) is 1.24. The Morgan fingerprint density at radius 2 is 1.96 bits per heavy atom. The monoisotopic (exact) mass is 309 g/mol. The van der Waals surface area contributed by atoms with E-state index in [9.17, 15) is 4.79 Å². The fourth-order valence-corrected chi connectivity index (χ4v) is 2.61. The largest absolute Gasteiger partial charge is 0.469 e. The van der Waals surface area contributed by atoms with Gasteiger partial charge in [-0.3, -0.25) is 4.79 Å². The molecule has 0 fully saturated rings. The number of hydrogen-bond acceptors (Lipinski definition) is 4. The molecular weight excluding hydrogens is 290 g/mol. The number of fused-ring (bicyclic) bond motifs is 1. The molecule has 118 valence electrons. The summed E-state index contributed by atoms with van der Waals surface area (Å²) in [5.41, 5.74) is 1.86. The summed E-state index contributed by atoms with van der Waals surface area (Å²) in [4.78, 5) is 15.8. The fourth-order valence-electron chi connectivity index (χ4n) is 2.61. The molecule has 4 heteroatoms. The number of benzene rings is 2. The Labute approximate surface area is 135 Å². The molecule has 0 radical (unpaired) electrons. The van der Waals surface area contributed by atoms with Crippen LogP contribution in [-0.4, -0.2) is 18.1 Å². The summed E-state index contributed by atoms with van der Waals surface area (Å²) < 4.78 is 10.5. The maximum Gasteiger partial charge on any atom is 0.305 e. The molecule has 0 amide bonds. The predicted octanol–water partition coefficient (Wildman–Crippen LogP) is 4.30. The van der Waals surface area contributed by atoms with Crippen LogP contribution in [0.5, 0.6) is 0 Å². The first-order valence-corrected chi connectivity index (χ1v) is 7.69. The van der Waals surface area contributed by atoms with Gasteiger partial charge in [0.2, 0.25) is 5.89 Å². The first-order chi connectivity index (χ1) is 11.2. The second-order valence-electron chi connectivity index (χ2n) is 5.51. The van der Waals surface area contributed by atoms with Gasteiger partial charge in [-0.15, -0.1) is 0 Å². The van der Waals surface area contributed by atoms with Gasteiger partial charge in [0.15, 0.2) is 0 Å². The van der Waals surface area contributed by atoms with Gasteiger partial charge in [-0.05, 0) is 42.7 Å². The molecule has 4 nitrogen and oxygen atoms in total. The van der Waals surface area contributed by atoms with Crippen LogP contribution in [0.4, 0.5) is 0 Å². The minimum absolute atomic E-state index is 0.194. The lowest BCUT2D eigenvalue weighted by Gasteiger charge is -2.00. The molecule has 0 aliphatic rings. The zero-order valence-corrected chi connectivity index (χ0v) is 13.3. The molecule has 0 N–H and O–H groups in total. The van der Waals surface area contributed by atoms with E-state index in [-0.39, 0.29) is 5.97 Å². The van der Waals surface area contributed by atoms with Crippen LogP contribution in [0.15, 0.2) is 46.9 Å². The molecule has 2 aromatic carbocycles. The van der Waals surface area contributed by atoms with Gasteiger partial charge in [0.1, 0.15) is 5.76 Å². The molecule has 0 saturated heterocycles. The SMILES string of the molecule is COC(=O)CCCc1nc(-c2ccc3ccccc3c2)oc1C. The predicted molar refractivity (Wildman–Crippen MR) is 89.1 cm³/mol. The normalized spacial score (nSPS) is 10.9. The molecule has 0 spiro atoms. The lowest BCUT2D eigenvalue weighted by molar-refractivity contribution is -0.140. The van der Waals surface area contributed by atoms with Gasteiger partial charge in [-0.25, -0.2) is 4.98 Å². The molecule has 3 aromatic rings. The van der Waals surface area contributed by atoms with Gasteiger partial charge in [-0.2, -0.15) is 0 Å². The zero-order chi connectivity index (χ0) is 16.2. The summed E-state index contributed by atoms with van der Waals surface area (Å²) in [6.07, 6.45) is 1.81. The van der Waals surface area contributed by atoms with Crippen molar-refractivity contribution in [2.45, 2.75) is 26.2 Å². The second kappa shape index (κ2) is 6.65. The van der Waals surface area contributed by atoms with E-state index in [0.29, 0.717) is 25.2 Å². The van der Waals surface area contributed by atoms with E-state index in [2.05, 4.69) is 34.0 Å². The summed E-state index contributed by atoms with van der Waals surface area (Å²) in [7, 11) is 1.40. The molecule has 23 heavy (non-hydrogen) atoms. The van der Waals surface area contributed by atoms with Crippen molar-refractivity contribution in [1.82, 2.24) is 4.98 Å². The highest BCUT2D eigenvalue weighted by Gasteiger charge is 2.12. The van der Waals surface area contributed by atoms with Gasteiger partial charge in [-0.1, -0.05) is 30.3 Å². The number of esters is 1. The van der Waals surface area contributed by atoms with E-state index >= 15 is 0 Å². The molecule has 3 rings (SSSR count). The van der Waals surface area contributed by atoms with E-state index < -0.39 is 0 Å². The number of rotatable bonds is 5. The lowest BCUT2D eigenvalue weighted by atomic mass is 10.1. The highest BCUT2D eigenvalue weighted by atomic mass is 16.5. The third-order valence-corrected chi connectivity index (χ3v) is 3.91. The minimum Gasteiger partial charge on any atom is -0.469 e. The summed E-state index contributed by atoms with van der Waals surface area (Å²) in [6, 6.07) is 14.4. The van der Waals surface area contributed by atoms with Crippen LogP contribution in [0.3, 0.4) is 0 Å². The Morgan fingerprint density at radius 3 is 2.74 bits per heavy atom. The Hall–Kier alpha value is -2.62. The molecule has 0 saturated carbocycles.